The summed E-state index contributed by atoms with van der Waals surface area (Å²) in [6, 6.07) is 0. The van der Waals surface area contributed by atoms with Crippen molar-refractivity contribution in [2.24, 2.45) is 5.92 Å². The summed E-state index contributed by atoms with van der Waals surface area (Å²) < 4.78 is 25.9. The molecule has 1 aliphatic rings. The molecule has 27 heavy (non-hydrogen) atoms. The Morgan fingerprint density at radius 2 is 1.07 bits per heavy atom. The predicted molar refractivity (Wildman–Crippen MR) is 87.0 cm³/mol. The fourth-order valence-electron chi connectivity index (χ4n) is 2.96. The molecule has 1 rings (SSSR count). The topological polar surface area (TPSA) is 132 Å². The van der Waals surface area contributed by atoms with Crippen LogP contribution >= 0.6 is 0 Å². The summed E-state index contributed by atoms with van der Waals surface area (Å²) in [6.07, 6.45) is -4.42. The van der Waals surface area contributed by atoms with Gasteiger partial charge in [-0.25, -0.2) is 0 Å². The van der Waals surface area contributed by atoms with E-state index in [1.54, 1.807) is 0 Å². The molecule has 0 spiro atoms. The molecular weight excluding hydrogens is 364 g/mol. The van der Waals surface area contributed by atoms with Gasteiger partial charge in [-0.2, -0.15) is 0 Å². The van der Waals surface area contributed by atoms with E-state index in [9.17, 15) is 24.0 Å². The quantitative estimate of drug-likeness (QED) is 0.462. The van der Waals surface area contributed by atoms with Crippen molar-refractivity contribution in [1.82, 2.24) is 0 Å². The van der Waals surface area contributed by atoms with Crippen LogP contribution in [0.4, 0.5) is 0 Å². The van der Waals surface area contributed by atoms with Gasteiger partial charge in [-0.1, -0.05) is 0 Å². The second-order valence-corrected chi connectivity index (χ2v) is 6.17. The van der Waals surface area contributed by atoms with Crippen molar-refractivity contribution < 1.29 is 47.7 Å². The summed E-state index contributed by atoms with van der Waals surface area (Å²) in [5.74, 6) is -3.95. The SMILES string of the molecule is CC(=O)OC[C@H]1C[C@H](OC(C)=O)[C@@H](OC(C)=O)[C@@H](OC(C)=O)[C@H]1OC(C)=O. The Morgan fingerprint density at radius 3 is 1.52 bits per heavy atom. The van der Waals surface area contributed by atoms with Crippen LogP contribution in [0.15, 0.2) is 0 Å². The van der Waals surface area contributed by atoms with Gasteiger partial charge >= 0.3 is 29.8 Å². The van der Waals surface area contributed by atoms with Crippen molar-refractivity contribution in [2.75, 3.05) is 6.61 Å². The van der Waals surface area contributed by atoms with Crippen LogP contribution < -0.4 is 0 Å². The first-order chi connectivity index (χ1) is 12.5. The molecule has 5 atom stereocenters. The Balaban J connectivity index is 3.29. The second-order valence-electron chi connectivity index (χ2n) is 6.17. The first kappa shape index (κ1) is 22.4. The van der Waals surface area contributed by atoms with Crippen LogP contribution in [0, 0.1) is 5.92 Å². The van der Waals surface area contributed by atoms with Gasteiger partial charge in [-0.05, 0) is 6.42 Å². The third-order valence-electron chi connectivity index (χ3n) is 3.74. The monoisotopic (exact) mass is 388 g/mol. The Labute approximate surface area is 156 Å². The molecule has 1 saturated carbocycles. The van der Waals surface area contributed by atoms with Crippen molar-refractivity contribution in [3.05, 3.63) is 0 Å². The summed E-state index contributed by atoms with van der Waals surface area (Å²) in [7, 11) is 0. The van der Waals surface area contributed by atoms with Gasteiger partial charge in [0, 0.05) is 40.5 Å². The smallest absolute Gasteiger partial charge is 0.303 e. The normalized spacial score (nSPS) is 27.1. The van der Waals surface area contributed by atoms with Crippen LogP contribution in [0.3, 0.4) is 0 Å². The average Bonchev–Trinajstić information content (AvgIpc) is 2.49. The van der Waals surface area contributed by atoms with Crippen molar-refractivity contribution >= 4 is 29.8 Å². The molecule has 0 bridgehead atoms. The number of rotatable bonds is 6. The Morgan fingerprint density at radius 1 is 0.630 bits per heavy atom. The highest BCUT2D eigenvalue weighted by atomic mass is 16.6. The molecular formula is C17H24O10. The van der Waals surface area contributed by atoms with E-state index in [0.29, 0.717) is 0 Å². The zero-order chi connectivity index (χ0) is 20.7. The number of carbonyl (C=O) groups excluding carboxylic acids is 5. The highest BCUT2D eigenvalue weighted by molar-refractivity contribution is 5.69. The molecule has 0 aromatic rings. The van der Waals surface area contributed by atoms with E-state index in [2.05, 4.69) is 0 Å². The Bertz CT molecular complexity index is 599. The van der Waals surface area contributed by atoms with Gasteiger partial charge in [0.05, 0.1) is 6.61 Å². The molecule has 0 amide bonds. The van der Waals surface area contributed by atoms with Crippen LogP contribution in [0.5, 0.6) is 0 Å². The molecule has 0 aliphatic heterocycles. The van der Waals surface area contributed by atoms with Gasteiger partial charge in [0.25, 0.3) is 0 Å². The largest absolute Gasteiger partial charge is 0.465 e. The molecule has 10 nitrogen and oxygen atoms in total. The lowest BCUT2D eigenvalue weighted by atomic mass is 9.80. The lowest BCUT2D eigenvalue weighted by molar-refractivity contribution is -0.221. The summed E-state index contributed by atoms with van der Waals surface area (Å²) in [4.78, 5) is 57.3. The van der Waals surface area contributed by atoms with Gasteiger partial charge in [0.1, 0.15) is 12.2 Å². The highest BCUT2D eigenvalue weighted by Gasteiger charge is 2.52. The first-order valence-corrected chi connectivity index (χ1v) is 8.33. The van der Waals surface area contributed by atoms with Crippen molar-refractivity contribution in [1.29, 1.82) is 0 Å². The summed E-state index contributed by atoms with van der Waals surface area (Å²) in [6.45, 7) is 5.64. The third kappa shape index (κ3) is 7.24. The molecule has 0 heterocycles. The zero-order valence-electron chi connectivity index (χ0n) is 15.9. The maximum Gasteiger partial charge on any atom is 0.303 e. The van der Waals surface area contributed by atoms with Crippen molar-refractivity contribution in [3.8, 4) is 0 Å². The summed E-state index contributed by atoms with van der Waals surface area (Å²) in [5, 5.41) is 0. The molecule has 0 saturated heterocycles. The molecule has 1 aliphatic carbocycles. The molecule has 0 radical (unpaired) electrons. The summed E-state index contributed by atoms with van der Waals surface area (Å²) in [5.41, 5.74) is 0. The molecule has 0 unspecified atom stereocenters. The van der Waals surface area contributed by atoms with Gasteiger partial charge in [0.15, 0.2) is 12.2 Å². The summed E-state index contributed by atoms with van der Waals surface area (Å²) >= 11 is 0. The van der Waals surface area contributed by atoms with E-state index < -0.39 is 60.2 Å². The van der Waals surface area contributed by atoms with Gasteiger partial charge in [0.2, 0.25) is 0 Å². The van der Waals surface area contributed by atoms with Crippen molar-refractivity contribution in [2.45, 2.75) is 65.5 Å². The molecule has 1 fully saturated rings. The zero-order valence-corrected chi connectivity index (χ0v) is 15.9. The minimum absolute atomic E-state index is 0.0561. The maximum atomic E-state index is 11.6. The van der Waals surface area contributed by atoms with Gasteiger partial charge in [-0.15, -0.1) is 0 Å². The fraction of sp³-hybridized carbons (Fsp3) is 0.706. The Kier molecular flexibility index (Phi) is 8.20. The number of hydrogen-bond donors (Lipinski definition) is 0. The lowest BCUT2D eigenvalue weighted by Crippen LogP contribution is -2.59. The van der Waals surface area contributed by atoms with Crippen molar-refractivity contribution in [3.63, 3.8) is 0 Å². The van der Waals surface area contributed by atoms with E-state index in [0.717, 1.165) is 20.8 Å². The molecule has 0 aromatic carbocycles. The van der Waals surface area contributed by atoms with Crippen LogP contribution in [-0.2, 0) is 47.7 Å². The number of carbonyl (C=O) groups is 5. The molecule has 152 valence electrons. The highest BCUT2D eigenvalue weighted by Crippen LogP contribution is 2.34. The van der Waals surface area contributed by atoms with E-state index in [1.807, 2.05) is 0 Å². The fourth-order valence-corrected chi connectivity index (χ4v) is 2.96. The standard InChI is InChI=1S/C17H24O10/c1-8(18)23-7-13-6-14(24-9(2)19)16(26-11(4)21)17(27-12(5)22)15(13)25-10(3)20/h13-17H,6-7H2,1-5H3/t13-,14+,15+,16-,17+/m1/s1. The van der Waals surface area contributed by atoms with Gasteiger partial charge in [-0.3, -0.25) is 24.0 Å². The number of esters is 5. The lowest BCUT2D eigenvalue weighted by Gasteiger charge is -2.43. The Hall–Kier alpha value is -2.65. The molecule has 10 heteroatoms. The van der Waals surface area contributed by atoms with Crippen LogP contribution in [0.25, 0.3) is 0 Å². The van der Waals surface area contributed by atoms with Crippen LogP contribution in [0.2, 0.25) is 0 Å². The number of ether oxygens (including phenoxy) is 5. The second kappa shape index (κ2) is 9.89. The minimum atomic E-state index is -1.24. The van der Waals surface area contributed by atoms with E-state index in [4.69, 9.17) is 23.7 Å². The average molecular weight is 388 g/mol. The van der Waals surface area contributed by atoms with E-state index in [-0.39, 0.29) is 13.0 Å². The minimum Gasteiger partial charge on any atom is -0.465 e. The number of hydrogen-bond acceptors (Lipinski definition) is 10. The van der Waals surface area contributed by atoms with E-state index >= 15 is 0 Å². The maximum absolute atomic E-state index is 11.6. The van der Waals surface area contributed by atoms with Crippen LogP contribution in [0.1, 0.15) is 41.0 Å². The molecule has 0 aromatic heterocycles. The third-order valence-corrected chi connectivity index (χ3v) is 3.74. The predicted octanol–water partition coefficient (Wildman–Crippen LogP) is 0.296. The van der Waals surface area contributed by atoms with E-state index in [1.165, 1.54) is 13.8 Å². The first-order valence-electron chi connectivity index (χ1n) is 8.33. The molecule has 0 N–H and O–H groups in total. The van der Waals surface area contributed by atoms with Gasteiger partial charge < -0.3 is 23.7 Å². The van der Waals surface area contributed by atoms with Crippen LogP contribution in [-0.4, -0.2) is 60.9 Å².